The highest BCUT2D eigenvalue weighted by molar-refractivity contribution is 5.57. The predicted molar refractivity (Wildman–Crippen MR) is 89.3 cm³/mol. The van der Waals surface area contributed by atoms with Crippen molar-refractivity contribution in [2.75, 3.05) is 0 Å². The summed E-state index contributed by atoms with van der Waals surface area (Å²) in [6.07, 6.45) is 0. The fourth-order valence-electron chi connectivity index (χ4n) is 2.35. The highest BCUT2D eigenvalue weighted by Crippen LogP contribution is 2.23. The molecule has 0 radical (unpaired) electrons. The van der Waals surface area contributed by atoms with Gasteiger partial charge in [0.2, 0.25) is 5.82 Å². The third-order valence-electron chi connectivity index (χ3n) is 3.74. The molecule has 0 bridgehead atoms. The van der Waals surface area contributed by atoms with E-state index in [1.54, 1.807) is 0 Å². The maximum Gasteiger partial charge on any atom is 0.258 e. The lowest BCUT2D eigenvalue weighted by atomic mass is 10.0. The van der Waals surface area contributed by atoms with Gasteiger partial charge in [-0.05, 0) is 42.2 Å². The zero-order valence-electron chi connectivity index (χ0n) is 13.6. The molecular weight excluding hydrogens is 288 g/mol. The first-order valence-corrected chi connectivity index (χ1v) is 7.75. The molecule has 0 atom stereocenters. The van der Waals surface area contributed by atoms with E-state index in [4.69, 9.17) is 9.26 Å². The van der Waals surface area contributed by atoms with E-state index in [1.807, 2.05) is 49.4 Å². The smallest absolute Gasteiger partial charge is 0.258 e. The van der Waals surface area contributed by atoms with Crippen LogP contribution in [0, 0.1) is 6.92 Å². The van der Waals surface area contributed by atoms with Gasteiger partial charge in [-0.2, -0.15) is 4.98 Å². The van der Waals surface area contributed by atoms with Crippen molar-refractivity contribution in [3.8, 4) is 17.2 Å². The van der Waals surface area contributed by atoms with E-state index in [9.17, 15) is 0 Å². The molecule has 0 unspecified atom stereocenters. The van der Waals surface area contributed by atoms with Crippen molar-refractivity contribution in [1.82, 2.24) is 10.1 Å². The molecule has 4 heteroatoms. The van der Waals surface area contributed by atoms with Gasteiger partial charge in [-0.1, -0.05) is 49.3 Å². The van der Waals surface area contributed by atoms with Crippen LogP contribution < -0.4 is 4.74 Å². The predicted octanol–water partition coefficient (Wildman–Crippen LogP) is 4.75. The minimum absolute atomic E-state index is 0.289. The Labute approximate surface area is 136 Å². The van der Waals surface area contributed by atoms with Crippen LogP contribution in [0.1, 0.15) is 36.7 Å². The van der Waals surface area contributed by atoms with E-state index in [-0.39, 0.29) is 6.61 Å². The molecule has 23 heavy (non-hydrogen) atoms. The Morgan fingerprint density at radius 1 is 1.09 bits per heavy atom. The van der Waals surface area contributed by atoms with E-state index in [0.29, 0.717) is 17.6 Å². The van der Waals surface area contributed by atoms with Crippen LogP contribution in [0.2, 0.25) is 0 Å². The van der Waals surface area contributed by atoms with Crippen LogP contribution in [0.15, 0.2) is 53.1 Å². The molecule has 1 aromatic heterocycles. The minimum atomic E-state index is 0.289. The summed E-state index contributed by atoms with van der Waals surface area (Å²) in [5.41, 5.74) is 3.30. The maximum absolute atomic E-state index is 5.78. The van der Waals surface area contributed by atoms with Gasteiger partial charge in [0, 0.05) is 5.56 Å². The molecular formula is C19H20N2O2. The second-order valence-electron chi connectivity index (χ2n) is 5.85. The standard InChI is InChI=1S/C19H20N2O2/c1-13(2)15-8-6-9-16(11-15)22-12-18-20-19(23-21-18)17-10-5-4-7-14(17)3/h4-11,13H,12H2,1-3H3. The first-order chi connectivity index (χ1) is 11.1. The Bertz CT molecular complexity index is 793. The van der Waals surface area contributed by atoms with E-state index in [2.05, 4.69) is 30.1 Å². The Morgan fingerprint density at radius 3 is 2.70 bits per heavy atom. The van der Waals surface area contributed by atoms with Crippen LogP contribution in [-0.4, -0.2) is 10.1 Å². The Balaban J connectivity index is 1.70. The molecule has 0 amide bonds. The number of hydrogen-bond donors (Lipinski definition) is 0. The number of nitrogens with zero attached hydrogens (tertiary/aromatic N) is 2. The third kappa shape index (κ3) is 3.59. The number of benzene rings is 2. The van der Waals surface area contributed by atoms with Crippen molar-refractivity contribution in [1.29, 1.82) is 0 Å². The summed E-state index contributed by atoms with van der Waals surface area (Å²) in [5.74, 6) is 2.35. The molecule has 118 valence electrons. The van der Waals surface area contributed by atoms with Gasteiger partial charge in [-0.15, -0.1) is 0 Å². The minimum Gasteiger partial charge on any atom is -0.485 e. The van der Waals surface area contributed by atoms with Gasteiger partial charge in [0.1, 0.15) is 5.75 Å². The Hall–Kier alpha value is -2.62. The number of ether oxygens (including phenoxy) is 1. The summed E-state index contributed by atoms with van der Waals surface area (Å²) in [5, 5.41) is 4.00. The van der Waals surface area contributed by atoms with Gasteiger partial charge in [-0.3, -0.25) is 0 Å². The molecule has 0 aliphatic carbocycles. The second-order valence-corrected chi connectivity index (χ2v) is 5.85. The van der Waals surface area contributed by atoms with Crippen molar-refractivity contribution in [2.24, 2.45) is 0 Å². The maximum atomic E-state index is 5.78. The van der Waals surface area contributed by atoms with E-state index < -0.39 is 0 Å². The van der Waals surface area contributed by atoms with Crippen LogP contribution in [0.3, 0.4) is 0 Å². The highest BCUT2D eigenvalue weighted by atomic mass is 16.5. The summed E-state index contributed by atoms with van der Waals surface area (Å²) >= 11 is 0. The zero-order chi connectivity index (χ0) is 16.2. The molecule has 0 aliphatic rings. The van der Waals surface area contributed by atoms with Gasteiger partial charge in [0.25, 0.3) is 5.89 Å². The second kappa shape index (κ2) is 6.65. The van der Waals surface area contributed by atoms with E-state index in [0.717, 1.165) is 16.9 Å². The van der Waals surface area contributed by atoms with Crippen molar-refractivity contribution >= 4 is 0 Å². The topological polar surface area (TPSA) is 48.2 Å². The highest BCUT2D eigenvalue weighted by Gasteiger charge is 2.11. The van der Waals surface area contributed by atoms with E-state index in [1.165, 1.54) is 5.56 Å². The Morgan fingerprint density at radius 2 is 1.91 bits per heavy atom. The number of aryl methyl sites for hydroxylation is 1. The molecule has 0 fully saturated rings. The fourth-order valence-corrected chi connectivity index (χ4v) is 2.35. The number of hydrogen-bond acceptors (Lipinski definition) is 4. The van der Waals surface area contributed by atoms with Crippen molar-refractivity contribution < 1.29 is 9.26 Å². The molecule has 3 aromatic rings. The first-order valence-electron chi connectivity index (χ1n) is 7.75. The first kappa shape index (κ1) is 15.3. The molecule has 4 nitrogen and oxygen atoms in total. The summed E-state index contributed by atoms with van der Waals surface area (Å²) in [4.78, 5) is 4.41. The molecule has 1 heterocycles. The van der Waals surface area contributed by atoms with Crippen molar-refractivity contribution in [3.63, 3.8) is 0 Å². The normalized spacial score (nSPS) is 11.0. The molecule has 0 spiro atoms. The Kier molecular flexibility index (Phi) is 4.42. The molecule has 0 saturated carbocycles. The van der Waals surface area contributed by atoms with Gasteiger partial charge < -0.3 is 9.26 Å². The van der Waals surface area contributed by atoms with Crippen LogP contribution in [0.5, 0.6) is 5.75 Å². The molecule has 2 aromatic carbocycles. The fraction of sp³-hybridized carbons (Fsp3) is 0.263. The van der Waals surface area contributed by atoms with Gasteiger partial charge in [-0.25, -0.2) is 0 Å². The summed E-state index contributed by atoms with van der Waals surface area (Å²) < 4.78 is 11.1. The van der Waals surface area contributed by atoms with Gasteiger partial charge in [0.15, 0.2) is 6.61 Å². The summed E-state index contributed by atoms with van der Waals surface area (Å²) in [7, 11) is 0. The van der Waals surface area contributed by atoms with Crippen LogP contribution in [0.25, 0.3) is 11.5 Å². The number of rotatable bonds is 5. The average molecular weight is 308 g/mol. The van der Waals surface area contributed by atoms with E-state index >= 15 is 0 Å². The lowest BCUT2D eigenvalue weighted by molar-refractivity contribution is 0.286. The van der Waals surface area contributed by atoms with Crippen LogP contribution in [-0.2, 0) is 6.61 Å². The number of aromatic nitrogens is 2. The third-order valence-corrected chi connectivity index (χ3v) is 3.74. The lowest BCUT2D eigenvalue weighted by Crippen LogP contribution is -1.98. The van der Waals surface area contributed by atoms with Crippen molar-refractivity contribution in [2.45, 2.75) is 33.3 Å². The largest absolute Gasteiger partial charge is 0.485 e. The quantitative estimate of drug-likeness (QED) is 0.682. The molecule has 0 aliphatic heterocycles. The zero-order valence-corrected chi connectivity index (χ0v) is 13.6. The van der Waals surface area contributed by atoms with Crippen LogP contribution >= 0.6 is 0 Å². The SMILES string of the molecule is Cc1ccccc1-c1nc(COc2cccc(C(C)C)c2)no1. The molecule has 0 N–H and O–H groups in total. The molecule has 3 rings (SSSR count). The summed E-state index contributed by atoms with van der Waals surface area (Å²) in [6.45, 7) is 6.63. The van der Waals surface area contributed by atoms with Gasteiger partial charge in [0.05, 0.1) is 0 Å². The van der Waals surface area contributed by atoms with Gasteiger partial charge >= 0.3 is 0 Å². The average Bonchev–Trinajstić information content (AvgIpc) is 3.02. The molecule has 0 saturated heterocycles. The van der Waals surface area contributed by atoms with Crippen LogP contribution in [0.4, 0.5) is 0 Å². The lowest BCUT2D eigenvalue weighted by Gasteiger charge is -2.08. The summed E-state index contributed by atoms with van der Waals surface area (Å²) in [6, 6.07) is 16.0. The van der Waals surface area contributed by atoms with Crippen molar-refractivity contribution in [3.05, 3.63) is 65.5 Å². The monoisotopic (exact) mass is 308 g/mol.